The monoisotopic (exact) mass is 279 g/mol. The number of aromatic nitrogens is 3. The third-order valence-corrected chi connectivity index (χ3v) is 4.53. The van der Waals surface area contributed by atoms with Crippen molar-refractivity contribution in [2.75, 3.05) is 13.2 Å². The number of hydrogen-bond donors (Lipinski definition) is 0. The quantitative estimate of drug-likeness (QED) is 0.754. The molecular weight excluding hydrogens is 257 g/mol. The minimum absolute atomic E-state index is 0.271. The average molecular weight is 279 g/mol. The van der Waals surface area contributed by atoms with Gasteiger partial charge in [0.2, 0.25) is 0 Å². The van der Waals surface area contributed by atoms with Crippen LogP contribution in [0.15, 0.2) is 6.20 Å². The van der Waals surface area contributed by atoms with Crippen molar-refractivity contribution in [1.29, 1.82) is 0 Å². The van der Waals surface area contributed by atoms with E-state index >= 15 is 0 Å². The van der Waals surface area contributed by atoms with Crippen LogP contribution in [0.5, 0.6) is 0 Å². The van der Waals surface area contributed by atoms with Crippen LogP contribution in [0.1, 0.15) is 46.6 Å². The molecule has 7 heteroatoms. The first-order chi connectivity index (χ1) is 9.39. The van der Waals surface area contributed by atoms with Crippen LogP contribution in [-0.2, 0) is 14.0 Å². The average Bonchev–Trinajstić information content (AvgIpc) is 2.94. The highest BCUT2D eigenvalue weighted by Crippen LogP contribution is 2.36. The molecule has 2 aliphatic heterocycles. The van der Waals surface area contributed by atoms with E-state index in [1.165, 1.54) is 0 Å². The summed E-state index contributed by atoms with van der Waals surface area (Å²) in [4.78, 5) is 0. The molecule has 0 radical (unpaired) electrons. The number of rotatable bonds is 2. The van der Waals surface area contributed by atoms with Crippen LogP contribution in [0.2, 0.25) is 0 Å². The molecular formula is C13H22BN3O3. The maximum Gasteiger partial charge on any atom is 0.518 e. The second-order valence-electron chi connectivity index (χ2n) is 6.58. The SMILES string of the molecule is CC1(C)OB(c2cn(C3CCCOC3)nn2)OC1(C)C. The maximum absolute atomic E-state index is 5.98. The first-order valence-electron chi connectivity index (χ1n) is 7.24. The predicted molar refractivity (Wildman–Crippen MR) is 74.8 cm³/mol. The van der Waals surface area contributed by atoms with E-state index in [1.807, 2.05) is 38.6 Å². The molecule has 3 rings (SSSR count). The van der Waals surface area contributed by atoms with Crippen molar-refractivity contribution in [2.45, 2.75) is 57.8 Å². The summed E-state index contributed by atoms with van der Waals surface area (Å²) in [5.41, 5.74) is 0.0272. The number of hydrogen-bond acceptors (Lipinski definition) is 5. The van der Waals surface area contributed by atoms with Gasteiger partial charge >= 0.3 is 7.12 Å². The van der Waals surface area contributed by atoms with Crippen LogP contribution in [-0.4, -0.2) is 46.5 Å². The zero-order chi connectivity index (χ0) is 14.4. The lowest BCUT2D eigenvalue weighted by Crippen LogP contribution is -2.41. The normalized spacial score (nSPS) is 28.8. The van der Waals surface area contributed by atoms with E-state index in [2.05, 4.69) is 10.3 Å². The van der Waals surface area contributed by atoms with Crippen molar-refractivity contribution in [1.82, 2.24) is 15.0 Å². The summed E-state index contributed by atoms with van der Waals surface area (Å²) in [5, 5.41) is 8.42. The fourth-order valence-corrected chi connectivity index (χ4v) is 2.47. The van der Waals surface area contributed by atoms with Gasteiger partial charge in [-0.15, -0.1) is 5.10 Å². The fourth-order valence-electron chi connectivity index (χ4n) is 2.47. The topological polar surface area (TPSA) is 58.4 Å². The second kappa shape index (κ2) is 4.82. The molecule has 0 aliphatic carbocycles. The van der Waals surface area contributed by atoms with Crippen LogP contribution < -0.4 is 5.59 Å². The van der Waals surface area contributed by atoms with Crippen LogP contribution >= 0.6 is 0 Å². The number of nitrogens with zero attached hydrogens (tertiary/aromatic N) is 3. The predicted octanol–water partition coefficient (Wildman–Crippen LogP) is 0.929. The first kappa shape index (κ1) is 14.0. The largest absolute Gasteiger partial charge is 0.518 e. The summed E-state index contributed by atoms with van der Waals surface area (Å²) in [5.74, 6) is 0. The van der Waals surface area contributed by atoms with Gasteiger partial charge in [0.05, 0.1) is 23.9 Å². The summed E-state index contributed by atoms with van der Waals surface area (Å²) >= 11 is 0. The standard InChI is InChI=1S/C13H22BN3O3/c1-12(2)13(3,4)20-14(19-12)11-8-17(16-15-11)10-6-5-7-18-9-10/h8,10H,5-7,9H2,1-4H3. The van der Waals surface area contributed by atoms with Crippen molar-refractivity contribution in [3.63, 3.8) is 0 Å². The van der Waals surface area contributed by atoms with E-state index in [4.69, 9.17) is 14.0 Å². The van der Waals surface area contributed by atoms with Gasteiger partial charge in [-0.1, -0.05) is 5.21 Å². The van der Waals surface area contributed by atoms with Crippen molar-refractivity contribution >= 4 is 12.7 Å². The Morgan fingerprint density at radius 3 is 2.55 bits per heavy atom. The third-order valence-electron chi connectivity index (χ3n) is 4.53. The molecule has 6 nitrogen and oxygen atoms in total. The fraction of sp³-hybridized carbons (Fsp3) is 0.846. The van der Waals surface area contributed by atoms with Gasteiger partial charge in [-0.3, -0.25) is 0 Å². The van der Waals surface area contributed by atoms with Gasteiger partial charge in [0.25, 0.3) is 0 Å². The Hall–Kier alpha value is -0.915. The van der Waals surface area contributed by atoms with Gasteiger partial charge in [0.15, 0.2) is 0 Å². The molecule has 1 aromatic rings. The van der Waals surface area contributed by atoms with E-state index < -0.39 is 7.12 Å². The molecule has 0 saturated carbocycles. The molecule has 2 saturated heterocycles. The summed E-state index contributed by atoms with van der Waals surface area (Å²) < 4.78 is 19.3. The van der Waals surface area contributed by atoms with E-state index in [0.29, 0.717) is 6.61 Å². The van der Waals surface area contributed by atoms with Crippen LogP contribution in [0, 0.1) is 0 Å². The van der Waals surface area contributed by atoms with Crippen molar-refractivity contribution in [3.05, 3.63) is 6.20 Å². The molecule has 1 aromatic heterocycles. The van der Waals surface area contributed by atoms with E-state index in [-0.39, 0.29) is 17.2 Å². The molecule has 1 atom stereocenters. The molecule has 20 heavy (non-hydrogen) atoms. The Morgan fingerprint density at radius 1 is 1.25 bits per heavy atom. The summed E-state index contributed by atoms with van der Waals surface area (Å²) in [6.45, 7) is 9.68. The Bertz CT molecular complexity index is 467. The van der Waals surface area contributed by atoms with Crippen molar-refractivity contribution in [3.8, 4) is 0 Å². The lowest BCUT2D eigenvalue weighted by molar-refractivity contribution is 0.00578. The molecule has 0 bridgehead atoms. The minimum Gasteiger partial charge on any atom is -0.398 e. The summed E-state index contributed by atoms with van der Waals surface area (Å²) in [6, 6.07) is 0.271. The van der Waals surface area contributed by atoms with Gasteiger partial charge in [0, 0.05) is 12.8 Å². The Morgan fingerprint density at radius 2 is 1.95 bits per heavy atom. The molecule has 2 aliphatic rings. The van der Waals surface area contributed by atoms with Gasteiger partial charge in [-0.25, -0.2) is 4.68 Å². The Balaban J connectivity index is 1.74. The molecule has 0 N–H and O–H groups in total. The van der Waals surface area contributed by atoms with E-state index in [0.717, 1.165) is 25.0 Å². The summed E-state index contributed by atoms with van der Waals surface area (Å²) in [7, 11) is -0.446. The Kier molecular flexibility index (Phi) is 3.39. The molecule has 3 heterocycles. The van der Waals surface area contributed by atoms with Crippen LogP contribution in [0.25, 0.3) is 0 Å². The zero-order valence-corrected chi connectivity index (χ0v) is 12.6. The molecule has 0 amide bonds. The highest BCUT2D eigenvalue weighted by molar-refractivity contribution is 6.61. The number of ether oxygens (including phenoxy) is 1. The highest BCUT2D eigenvalue weighted by atomic mass is 16.7. The maximum atomic E-state index is 5.98. The first-order valence-corrected chi connectivity index (χ1v) is 7.24. The highest BCUT2D eigenvalue weighted by Gasteiger charge is 2.52. The molecule has 2 fully saturated rings. The molecule has 0 spiro atoms. The minimum atomic E-state index is -0.446. The van der Waals surface area contributed by atoms with Gasteiger partial charge in [-0.2, -0.15) is 0 Å². The third kappa shape index (κ3) is 2.38. The lowest BCUT2D eigenvalue weighted by atomic mass is 9.86. The molecule has 1 unspecified atom stereocenters. The zero-order valence-electron chi connectivity index (χ0n) is 12.6. The van der Waals surface area contributed by atoms with Crippen LogP contribution in [0.3, 0.4) is 0 Å². The van der Waals surface area contributed by atoms with Gasteiger partial charge in [0.1, 0.15) is 5.59 Å². The molecule has 110 valence electrons. The second-order valence-corrected chi connectivity index (χ2v) is 6.58. The van der Waals surface area contributed by atoms with Gasteiger partial charge < -0.3 is 14.0 Å². The molecule has 0 aromatic carbocycles. The smallest absolute Gasteiger partial charge is 0.398 e. The van der Waals surface area contributed by atoms with E-state index in [9.17, 15) is 0 Å². The Labute approximate surface area is 119 Å². The van der Waals surface area contributed by atoms with Crippen molar-refractivity contribution < 1.29 is 14.0 Å². The van der Waals surface area contributed by atoms with Crippen molar-refractivity contribution in [2.24, 2.45) is 0 Å². The van der Waals surface area contributed by atoms with E-state index in [1.54, 1.807) is 0 Å². The van der Waals surface area contributed by atoms with Gasteiger partial charge in [-0.05, 0) is 40.5 Å². The van der Waals surface area contributed by atoms with Crippen LogP contribution in [0.4, 0.5) is 0 Å². The summed E-state index contributed by atoms with van der Waals surface area (Å²) in [6.07, 6.45) is 4.06. The lowest BCUT2D eigenvalue weighted by Gasteiger charge is -2.32.